The van der Waals surface area contributed by atoms with Crippen LogP contribution in [-0.4, -0.2) is 55.5 Å². The largest absolute Gasteiger partial charge is 0.485 e. The monoisotopic (exact) mass is 417 g/mol. The molecule has 1 heterocycles. The standard InChI is InChI=1S/C21H27N3O6/c1-5-29-17(25)12-22-21(26)19-20(30-13-15-9-7-6-8-10-15)14(2)23-16(24-19)11-18(27-3)28-4/h6-10,18H,5,11-13H2,1-4H3,(H,22,26). The van der Waals surface area contributed by atoms with Crippen molar-refractivity contribution in [3.63, 3.8) is 0 Å². The molecule has 2 rings (SSSR count). The van der Waals surface area contributed by atoms with Crippen LogP contribution in [0.15, 0.2) is 30.3 Å². The normalized spacial score (nSPS) is 10.7. The number of esters is 1. The Morgan fingerprint density at radius 2 is 1.80 bits per heavy atom. The highest BCUT2D eigenvalue weighted by Crippen LogP contribution is 2.23. The number of aryl methyl sites for hydroxylation is 1. The summed E-state index contributed by atoms with van der Waals surface area (Å²) in [5, 5.41) is 2.51. The number of benzene rings is 1. The van der Waals surface area contributed by atoms with Crippen molar-refractivity contribution >= 4 is 11.9 Å². The van der Waals surface area contributed by atoms with Crippen LogP contribution in [0.1, 0.15) is 34.5 Å². The van der Waals surface area contributed by atoms with E-state index in [4.69, 9.17) is 18.9 Å². The number of rotatable bonds is 11. The van der Waals surface area contributed by atoms with Gasteiger partial charge in [0.15, 0.2) is 17.7 Å². The van der Waals surface area contributed by atoms with E-state index in [1.165, 1.54) is 14.2 Å². The molecule has 1 aromatic carbocycles. The molecule has 9 nitrogen and oxygen atoms in total. The van der Waals surface area contributed by atoms with Crippen molar-refractivity contribution in [1.82, 2.24) is 15.3 Å². The van der Waals surface area contributed by atoms with Gasteiger partial charge in [0.25, 0.3) is 5.91 Å². The van der Waals surface area contributed by atoms with Gasteiger partial charge in [-0.3, -0.25) is 9.59 Å². The lowest BCUT2D eigenvalue weighted by Crippen LogP contribution is -2.32. The van der Waals surface area contributed by atoms with Crippen LogP contribution in [-0.2, 0) is 32.0 Å². The molecule has 0 aliphatic rings. The summed E-state index contributed by atoms with van der Waals surface area (Å²) >= 11 is 0. The Balaban J connectivity index is 2.28. The Morgan fingerprint density at radius 1 is 1.10 bits per heavy atom. The molecule has 9 heteroatoms. The summed E-state index contributed by atoms with van der Waals surface area (Å²) in [4.78, 5) is 33.1. The van der Waals surface area contributed by atoms with Gasteiger partial charge in [0, 0.05) is 14.2 Å². The minimum atomic E-state index is -0.566. The number of carbonyl (C=O) groups excluding carboxylic acids is 2. The van der Waals surface area contributed by atoms with E-state index in [1.807, 2.05) is 30.3 Å². The Bertz CT molecular complexity index is 840. The van der Waals surface area contributed by atoms with Gasteiger partial charge in [-0.2, -0.15) is 0 Å². The van der Waals surface area contributed by atoms with E-state index < -0.39 is 18.2 Å². The molecule has 30 heavy (non-hydrogen) atoms. The molecule has 162 valence electrons. The van der Waals surface area contributed by atoms with Crippen molar-refractivity contribution in [2.24, 2.45) is 0 Å². The van der Waals surface area contributed by atoms with Crippen LogP contribution >= 0.6 is 0 Å². The van der Waals surface area contributed by atoms with Crippen molar-refractivity contribution in [1.29, 1.82) is 0 Å². The third kappa shape index (κ3) is 6.78. The van der Waals surface area contributed by atoms with Crippen LogP contribution in [0, 0.1) is 6.92 Å². The van der Waals surface area contributed by atoms with Crippen molar-refractivity contribution in [3.8, 4) is 5.75 Å². The van der Waals surface area contributed by atoms with Gasteiger partial charge in [-0.1, -0.05) is 30.3 Å². The second kappa shape index (κ2) is 11.8. The molecule has 0 saturated carbocycles. The van der Waals surface area contributed by atoms with Crippen molar-refractivity contribution in [2.75, 3.05) is 27.4 Å². The molecule has 1 N–H and O–H groups in total. The van der Waals surface area contributed by atoms with Gasteiger partial charge in [0.05, 0.1) is 18.7 Å². The smallest absolute Gasteiger partial charge is 0.325 e. The Hall–Kier alpha value is -3.04. The molecule has 0 fully saturated rings. The molecule has 2 aromatic rings. The van der Waals surface area contributed by atoms with Gasteiger partial charge in [0.1, 0.15) is 19.0 Å². The van der Waals surface area contributed by atoms with Gasteiger partial charge in [-0.15, -0.1) is 0 Å². The molecular weight excluding hydrogens is 390 g/mol. The first-order valence-corrected chi connectivity index (χ1v) is 9.52. The number of amides is 1. The SMILES string of the molecule is CCOC(=O)CNC(=O)c1nc(CC(OC)OC)nc(C)c1OCc1ccccc1. The van der Waals surface area contributed by atoms with Gasteiger partial charge in [0.2, 0.25) is 0 Å². The number of nitrogens with zero attached hydrogens (tertiary/aromatic N) is 2. The summed E-state index contributed by atoms with van der Waals surface area (Å²) in [5.41, 5.74) is 1.45. The third-order valence-electron chi connectivity index (χ3n) is 4.10. The number of hydrogen-bond acceptors (Lipinski definition) is 8. The summed E-state index contributed by atoms with van der Waals surface area (Å²) in [5.74, 6) is -0.503. The minimum Gasteiger partial charge on any atom is -0.485 e. The van der Waals surface area contributed by atoms with Crippen LogP contribution in [0.25, 0.3) is 0 Å². The Morgan fingerprint density at radius 3 is 2.43 bits per heavy atom. The fourth-order valence-corrected chi connectivity index (χ4v) is 2.63. The average molecular weight is 417 g/mol. The summed E-state index contributed by atoms with van der Waals surface area (Å²) in [7, 11) is 3.01. The third-order valence-corrected chi connectivity index (χ3v) is 4.10. The molecule has 0 radical (unpaired) electrons. The molecule has 0 aliphatic carbocycles. The number of methoxy groups -OCH3 is 2. The Labute approximate surface area is 175 Å². The zero-order valence-corrected chi connectivity index (χ0v) is 17.6. The van der Waals surface area contributed by atoms with Crippen LogP contribution in [0.4, 0.5) is 0 Å². The summed E-state index contributed by atoms with van der Waals surface area (Å²) in [6.07, 6.45) is -0.318. The topological polar surface area (TPSA) is 109 Å². The summed E-state index contributed by atoms with van der Waals surface area (Å²) in [6.45, 7) is 3.61. The number of carbonyl (C=O) groups is 2. The van der Waals surface area contributed by atoms with E-state index in [1.54, 1.807) is 13.8 Å². The molecule has 0 spiro atoms. The van der Waals surface area contributed by atoms with Crippen molar-refractivity contribution in [2.45, 2.75) is 33.2 Å². The predicted molar refractivity (Wildman–Crippen MR) is 108 cm³/mol. The molecule has 0 aliphatic heterocycles. The minimum absolute atomic E-state index is 0.0312. The predicted octanol–water partition coefficient (Wildman–Crippen LogP) is 1.82. The van der Waals surface area contributed by atoms with Crippen molar-refractivity contribution in [3.05, 3.63) is 53.1 Å². The van der Waals surface area contributed by atoms with E-state index >= 15 is 0 Å². The van der Waals surface area contributed by atoms with Gasteiger partial charge >= 0.3 is 5.97 Å². The molecule has 1 amide bonds. The van der Waals surface area contributed by atoms with E-state index in [2.05, 4.69) is 15.3 Å². The molecular formula is C21H27N3O6. The van der Waals surface area contributed by atoms with E-state index in [0.717, 1.165) is 5.56 Å². The van der Waals surface area contributed by atoms with Gasteiger partial charge in [-0.05, 0) is 19.4 Å². The highest BCUT2D eigenvalue weighted by molar-refractivity contribution is 5.96. The summed E-state index contributed by atoms with van der Waals surface area (Å²) in [6, 6.07) is 9.52. The van der Waals surface area contributed by atoms with E-state index in [0.29, 0.717) is 11.5 Å². The lowest BCUT2D eigenvalue weighted by Gasteiger charge is -2.16. The molecule has 0 bridgehead atoms. The Kier molecular flexibility index (Phi) is 9.17. The number of ether oxygens (including phenoxy) is 4. The first-order chi connectivity index (χ1) is 14.5. The maximum atomic E-state index is 12.8. The average Bonchev–Trinajstić information content (AvgIpc) is 2.75. The zero-order valence-electron chi connectivity index (χ0n) is 17.6. The number of aromatic nitrogens is 2. The van der Waals surface area contributed by atoms with Crippen LogP contribution in [0.2, 0.25) is 0 Å². The zero-order chi connectivity index (χ0) is 21.9. The molecule has 0 unspecified atom stereocenters. The molecule has 0 atom stereocenters. The van der Waals surface area contributed by atoms with E-state index in [9.17, 15) is 9.59 Å². The maximum Gasteiger partial charge on any atom is 0.325 e. The van der Waals surface area contributed by atoms with E-state index in [-0.39, 0.29) is 37.6 Å². The lowest BCUT2D eigenvalue weighted by molar-refractivity contribution is -0.141. The first-order valence-electron chi connectivity index (χ1n) is 9.52. The first kappa shape index (κ1) is 23.2. The fourth-order valence-electron chi connectivity index (χ4n) is 2.63. The number of nitrogens with one attached hydrogen (secondary N) is 1. The second-order valence-corrected chi connectivity index (χ2v) is 6.27. The van der Waals surface area contributed by atoms with Gasteiger partial charge < -0.3 is 24.3 Å². The second-order valence-electron chi connectivity index (χ2n) is 6.27. The molecule has 0 saturated heterocycles. The van der Waals surface area contributed by atoms with Crippen molar-refractivity contribution < 1.29 is 28.5 Å². The lowest BCUT2D eigenvalue weighted by atomic mass is 10.2. The highest BCUT2D eigenvalue weighted by Gasteiger charge is 2.22. The van der Waals surface area contributed by atoms with Crippen LogP contribution in [0.5, 0.6) is 5.75 Å². The van der Waals surface area contributed by atoms with Crippen LogP contribution in [0.3, 0.4) is 0 Å². The molecule has 1 aromatic heterocycles. The maximum absolute atomic E-state index is 12.8. The quantitative estimate of drug-likeness (QED) is 0.436. The number of hydrogen-bond donors (Lipinski definition) is 1. The fraction of sp³-hybridized carbons (Fsp3) is 0.429. The summed E-state index contributed by atoms with van der Waals surface area (Å²) < 4.78 is 21.1. The van der Waals surface area contributed by atoms with Crippen LogP contribution < -0.4 is 10.1 Å². The highest BCUT2D eigenvalue weighted by atomic mass is 16.7. The van der Waals surface area contributed by atoms with Gasteiger partial charge in [-0.25, -0.2) is 9.97 Å².